The largest absolute Gasteiger partial charge is 0.345 e. The van der Waals surface area contributed by atoms with E-state index in [1.165, 1.54) is 12.8 Å². The number of hydrogen-bond donors (Lipinski definition) is 2. The highest BCUT2D eigenvalue weighted by Gasteiger charge is 2.17. The van der Waals surface area contributed by atoms with Crippen molar-refractivity contribution < 1.29 is 2.85 Å². The Balaban J connectivity index is 0. The Hall–Kier alpha value is -0.830. The highest BCUT2D eigenvalue weighted by molar-refractivity contribution is 5.04. The lowest BCUT2D eigenvalue weighted by Gasteiger charge is -2.04. The average molecular weight is 185 g/mol. The van der Waals surface area contributed by atoms with Crippen LogP contribution < -0.4 is 5.32 Å². The SMILES string of the molecule is CC.Cc1cnc([C@@H]2CCCN2)[nH]1.[HH].[HH]. The molecule has 3 nitrogen and oxygen atoms in total. The molecule has 2 N–H and O–H groups in total. The lowest BCUT2D eigenvalue weighted by atomic mass is 10.2. The lowest BCUT2D eigenvalue weighted by molar-refractivity contribution is 0.612. The summed E-state index contributed by atoms with van der Waals surface area (Å²) in [5.41, 5.74) is 1.15. The van der Waals surface area contributed by atoms with Crippen LogP contribution in [-0.4, -0.2) is 16.5 Å². The molecule has 0 saturated carbocycles. The summed E-state index contributed by atoms with van der Waals surface area (Å²) in [5, 5.41) is 3.39. The third kappa shape index (κ3) is 2.56. The number of nitrogens with one attached hydrogen (secondary N) is 2. The van der Waals surface area contributed by atoms with E-state index in [2.05, 4.69) is 15.3 Å². The molecule has 0 aliphatic carbocycles. The van der Waals surface area contributed by atoms with E-state index in [1.807, 2.05) is 27.0 Å². The Morgan fingerprint density at radius 2 is 2.31 bits per heavy atom. The van der Waals surface area contributed by atoms with Gasteiger partial charge in [-0.3, -0.25) is 0 Å². The molecule has 0 aromatic carbocycles. The maximum atomic E-state index is 4.28. The number of aromatic nitrogens is 2. The topological polar surface area (TPSA) is 40.7 Å². The van der Waals surface area contributed by atoms with Crippen molar-refractivity contribution in [3.8, 4) is 0 Å². The van der Waals surface area contributed by atoms with Crippen molar-refractivity contribution >= 4 is 0 Å². The molecule has 0 radical (unpaired) electrons. The second-order valence-electron chi connectivity index (χ2n) is 3.10. The predicted molar refractivity (Wildman–Crippen MR) is 58.9 cm³/mol. The number of imidazole rings is 1. The molecule has 2 rings (SSSR count). The van der Waals surface area contributed by atoms with E-state index in [1.54, 1.807) is 0 Å². The zero-order valence-electron chi connectivity index (χ0n) is 8.72. The summed E-state index contributed by atoms with van der Waals surface area (Å²) in [5.74, 6) is 1.10. The molecule has 0 bridgehead atoms. The number of aromatic amines is 1. The first kappa shape index (κ1) is 10.3. The molecular weight excluding hydrogens is 162 g/mol. The Morgan fingerprint density at radius 1 is 1.54 bits per heavy atom. The highest BCUT2D eigenvalue weighted by Crippen LogP contribution is 2.19. The minimum atomic E-state index is 0. The Kier molecular flexibility index (Phi) is 3.96. The fraction of sp³-hybridized carbons (Fsp3) is 0.700. The molecular formula is C10H23N3. The molecule has 1 fully saturated rings. The average Bonchev–Trinajstić information content (AvgIpc) is 2.77. The number of aryl methyl sites for hydroxylation is 1. The van der Waals surface area contributed by atoms with Crippen LogP contribution in [0, 0.1) is 6.92 Å². The van der Waals surface area contributed by atoms with Gasteiger partial charge in [-0.15, -0.1) is 0 Å². The maximum absolute atomic E-state index is 4.28. The second kappa shape index (κ2) is 5.02. The molecule has 0 amide bonds. The number of hydrogen-bond acceptors (Lipinski definition) is 2. The van der Waals surface area contributed by atoms with Gasteiger partial charge in [-0.1, -0.05) is 13.8 Å². The van der Waals surface area contributed by atoms with Crippen LogP contribution >= 0.6 is 0 Å². The van der Waals surface area contributed by atoms with E-state index < -0.39 is 0 Å². The summed E-state index contributed by atoms with van der Waals surface area (Å²) in [6.07, 6.45) is 4.37. The van der Waals surface area contributed by atoms with E-state index in [0.29, 0.717) is 6.04 Å². The molecule has 3 heteroatoms. The molecule has 78 valence electrons. The van der Waals surface area contributed by atoms with Crippen LogP contribution in [0.15, 0.2) is 6.20 Å². The van der Waals surface area contributed by atoms with Gasteiger partial charge in [-0.05, 0) is 26.3 Å². The van der Waals surface area contributed by atoms with Crippen LogP contribution in [0.4, 0.5) is 0 Å². The van der Waals surface area contributed by atoms with E-state index in [0.717, 1.165) is 18.1 Å². The van der Waals surface area contributed by atoms with Gasteiger partial charge in [0.1, 0.15) is 5.82 Å². The van der Waals surface area contributed by atoms with Crippen molar-refractivity contribution in [1.82, 2.24) is 15.3 Å². The monoisotopic (exact) mass is 185 g/mol. The van der Waals surface area contributed by atoms with Crippen molar-refractivity contribution in [3.63, 3.8) is 0 Å². The molecule has 1 aromatic rings. The molecule has 1 aromatic heterocycles. The first-order valence-electron chi connectivity index (χ1n) is 5.11. The van der Waals surface area contributed by atoms with Crippen LogP contribution in [0.2, 0.25) is 0 Å². The summed E-state index contributed by atoms with van der Waals surface area (Å²) in [7, 11) is 0. The minimum Gasteiger partial charge on any atom is -0.345 e. The van der Waals surface area contributed by atoms with Gasteiger partial charge >= 0.3 is 0 Å². The van der Waals surface area contributed by atoms with Gasteiger partial charge in [0.25, 0.3) is 0 Å². The van der Waals surface area contributed by atoms with Crippen LogP contribution in [0.25, 0.3) is 0 Å². The van der Waals surface area contributed by atoms with Crippen LogP contribution in [0.5, 0.6) is 0 Å². The molecule has 1 atom stereocenters. The second-order valence-corrected chi connectivity index (χ2v) is 3.10. The summed E-state index contributed by atoms with van der Waals surface area (Å²) in [4.78, 5) is 7.52. The Labute approximate surface area is 82.9 Å². The first-order valence-corrected chi connectivity index (χ1v) is 5.11. The summed E-state index contributed by atoms with van der Waals surface area (Å²) >= 11 is 0. The van der Waals surface area contributed by atoms with E-state index in [4.69, 9.17) is 0 Å². The number of nitrogens with zero attached hydrogens (tertiary/aromatic N) is 1. The van der Waals surface area contributed by atoms with Crippen LogP contribution in [-0.2, 0) is 0 Å². The van der Waals surface area contributed by atoms with Gasteiger partial charge in [0.15, 0.2) is 0 Å². The van der Waals surface area contributed by atoms with Gasteiger partial charge in [0, 0.05) is 14.7 Å². The van der Waals surface area contributed by atoms with Crippen molar-refractivity contribution in [1.29, 1.82) is 0 Å². The molecule has 1 aliphatic rings. The third-order valence-corrected chi connectivity index (χ3v) is 2.11. The highest BCUT2D eigenvalue weighted by atomic mass is 15.0. The number of rotatable bonds is 1. The molecule has 1 saturated heterocycles. The van der Waals surface area contributed by atoms with Crippen molar-refractivity contribution in [3.05, 3.63) is 17.7 Å². The number of H-pyrrole nitrogens is 1. The first-order chi connectivity index (χ1) is 6.36. The van der Waals surface area contributed by atoms with Gasteiger partial charge in [-0.25, -0.2) is 4.98 Å². The molecule has 0 spiro atoms. The quantitative estimate of drug-likeness (QED) is 0.706. The summed E-state index contributed by atoms with van der Waals surface area (Å²) < 4.78 is 0. The zero-order valence-corrected chi connectivity index (χ0v) is 8.72. The fourth-order valence-corrected chi connectivity index (χ4v) is 1.53. The zero-order chi connectivity index (χ0) is 9.68. The van der Waals surface area contributed by atoms with Crippen molar-refractivity contribution in [2.75, 3.05) is 6.54 Å². The van der Waals surface area contributed by atoms with Gasteiger partial charge < -0.3 is 10.3 Å². The summed E-state index contributed by atoms with van der Waals surface area (Å²) in [6.45, 7) is 7.16. The fourth-order valence-electron chi connectivity index (χ4n) is 1.53. The normalized spacial score (nSPS) is 21.0. The van der Waals surface area contributed by atoms with Gasteiger partial charge in [-0.2, -0.15) is 0 Å². The standard InChI is InChI=1S/C8H13N3.C2H6.2H2/c1-6-5-10-8(11-6)7-3-2-4-9-7;1-2;;/h5,7,9H,2-4H2,1H3,(H,10,11);1-2H3;2*1H/t7-;;;/m0.../s1. The smallest absolute Gasteiger partial charge is 0.123 e. The van der Waals surface area contributed by atoms with Crippen molar-refractivity contribution in [2.24, 2.45) is 0 Å². The molecule has 13 heavy (non-hydrogen) atoms. The maximum Gasteiger partial charge on any atom is 0.123 e. The minimum absolute atomic E-state index is 0. The molecule has 1 aliphatic heterocycles. The van der Waals surface area contributed by atoms with Crippen LogP contribution in [0.1, 0.15) is 47.1 Å². The predicted octanol–water partition coefficient (Wildman–Crippen LogP) is 2.66. The third-order valence-electron chi connectivity index (χ3n) is 2.11. The summed E-state index contributed by atoms with van der Waals surface area (Å²) in [6, 6.07) is 0.476. The Morgan fingerprint density at radius 3 is 2.77 bits per heavy atom. The molecule has 2 heterocycles. The van der Waals surface area contributed by atoms with Crippen LogP contribution in [0.3, 0.4) is 0 Å². The lowest BCUT2D eigenvalue weighted by Crippen LogP contribution is -2.14. The van der Waals surface area contributed by atoms with E-state index in [-0.39, 0.29) is 2.85 Å². The van der Waals surface area contributed by atoms with Crippen molar-refractivity contribution in [2.45, 2.75) is 39.7 Å². The Bertz CT molecular complexity index is 245. The van der Waals surface area contributed by atoms with Gasteiger partial charge in [0.2, 0.25) is 0 Å². The van der Waals surface area contributed by atoms with E-state index >= 15 is 0 Å². The molecule has 0 unspecified atom stereocenters. The van der Waals surface area contributed by atoms with E-state index in [9.17, 15) is 0 Å². The van der Waals surface area contributed by atoms with Gasteiger partial charge in [0.05, 0.1) is 6.04 Å².